The van der Waals surface area contributed by atoms with Crippen molar-refractivity contribution in [2.24, 2.45) is 5.41 Å². The Morgan fingerprint density at radius 3 is 1.90 bits per heavy atom. The lowest BCUT2D eigenvalue weighted by Gasteiger charge is -2.26. The molecule has 0 spiro atoms. The van der Waals surface area contributed by atoms with E-state index < -0.39 is 24.0 Å². The molecule has 30 heavy (non-hydrogen) atoms. The van der Waals surface area contributed by atoms with Crippen LogP contribution in [0.15, 0.2) is 12.1 Å². The molecule has 10 heteroatoms. The van der Waals surface area contributed by atoms with Crippen molar-refractivity contribution in [2.75, 3.05) is 53.7 Å². The van der Waals surface area contributed by atoms with Gasteiger partial charge in [0, 0.05) is 23.4 Å². The largest absolute Gasteiger partial charge is 0.496 e. The minimum atomic E-state index is -1.91. The van der Waals surface area contributed by atoms with Crippen molar-refractivity contribution < 1.29 is 43.1 Å². The Labute approximate surface area is 180 Å². The van der Waals surface area contributed by atoms with Gasteiger partial charge in [-0.2, -0.15) is 0 Å². The molecule has 0 heterocycles. The first-order valence-corrected chi connectivity index (χ1v) is 10.5. The lowest BCUT2D eigenvalue weighted by atomic mass is 9.90. The zero-order valence-electron chi connectivity index (χ0n) is 18.0. The Hall–Kier alpha value is -2.17. The van der Waals surface area contributed by atoms with E-state index in [0.29, 0.717) is 23.0 Å². The van der Waals surface area contributed by atoms with Crippen LogP contribution in [0.1, 0.15) is 19.4 Å². The summed E-state index contributed by atoms with van der Waals surface area (Å²) < 4.78 is 31.5. The van der Waals surface area contributed by atoms with Gasteiger partial charge in [0.05, 0.1) is 53.7 Å². The summed E-state index contributed by atoms with van der Waals surface area (Å²) in [4.78, 5) is 24.6. The van der Waals surface area contributed by atoms with Crippen molar-refractivity contribution in [1.82, 2.24) is 0 Å². The Morgan fingerprint density at radius 2 is 1.50 bits per heavy atom. The van der Waals surface area contributed by atoms with E-state index in [9.17, 15) is 14.7 Å². The number of rotatable bonds is 14. The van der Waals surface area contributed by atoms with Crippen LogP contribution in [0.25, 0.3) is 0 Å². The highest BCUT2D eigenvalue weighted by molar-refractivity contribution is 7.98. The van der Waals surface area contributed by atoms with Crippen LogP contribution < -0.4 is 14.2 Å². The molecule has 0 unspecified atom stereocenters. The van der Waals surface area contributed by atoms with Gasteiger partial charge in [0.25, 0.3) is 0 Å². The average molecular weight is 447 g/mol. The minimum Gasteiger partial charge on any atom is -0.496 e. The summed E-state index contributed by atoms with van der Waals surface area (Å²) >= 11 is 1.37. The second kappa shape index (κ2) is 13.2. The van der Waals surface area contributed by atoms with Crippen molar-refractivity contribution in [3.05, 3.63) is 17.7 Å². The summed E-state index contributed by atoms with van der Waals surface area (Å²) in [6, 6.07) is 3.50. The van der Waals surface area contributed by atoms with Crippen LogP contribution in [-0.4, -0.2) is 70.7 Å². The molecule has 0 radical (unpaired) electrons. The molecule has 170 valence electrons. The summed E-state index contributed by atoms with van der Waals surface area (Å²) in [6.07, 6.45) is 0. The van der Waals surface area contributed by atoms with Crippen LogP contribution in [0.5, 0.6) is 17.2 Å². The maximum atomic E-state index is 12.3. The van der Waals surface area contributed by atoms with Crippen molar-refractivity contribution in [2.45, 2.75) is 19.6 Å². The van der Waals surface area contributed by atoms with Gasteiger partial charge in [0.1, 0.15) is 17.2 Å². The van der Waals surface area contributed by atoms with Gasteiger partial charge in [0.2, 0.25) is 5.41 Å². The van der Waals surface area contributed by atoms with Crippen molar-refractivity contribution in [3.8, 4) is 17.2 Å². The zero-order valence-corrected chi connectivity index (χ0v) is 18.8. The van der Waals surface area contributed by atoms with Crippen LogP contribution in [0.3, 0.4) is 0 Å². The van der Waals surface area contributed by atoms with Crippen molar-refractivity contribution in [1.29, 1.82) is 0 Å². The lowest BCUT2D eigenvalue weighted by molar-refractivity contribution is -0.179. The van der Waals surface area contributed by atoms with Crippen molar-refractivity contribution in [3.63, 3.8) is 0 Å². The fraction of sp³-hybridized carbons (Fsp3) is 0.600. The van der Waals surface area contributed by atoms with Gasteiger partial charge >= 0.3 is 11.9 Å². The smallest absolute Gasteiger partial charge is 0.328 e. The first-order chi connectivity index (χ1) is 14.4. The summed E-state index contributed by atoms with van der Waals surface area (Å²) in [5.41, 5.74) is -1.11. The van der Waals surface area contributed by atoms with Gasteiger partial charge in [-0.25, -0.2) is 0 Å². The van der Waals surface area contributed by atoms with E-state index in [4.69, 9.17) is 28.4 Å². The standard InChI is InChI=1S/C20H30O9S/c1-6-28-18(22)20(11-21,19(23)29-7-2)12-27-13-30-10-15-16(25-4)8-14(24-3)9-17(15)26-5/h8-9,21H,6-7,10-13H2,1-5H3. The maximum Gasteiger partial charge on any atom is 0.328 e. The Morgan fingerprint density at radius 1 is 0.967 bits per heavy atom. The second-order valence-corrected chi connectivity index (χ2v) is 6.94. The molecule has 0 fully saturated rings. The predicted molar refractivity (Wildman–Crippen MR) is 111 cm³/mol. The number of hydrogen-bond acceptors (Lipinski definition) is 10. The lowest BCUT2D eigenvalue weighted by Crippen LogP contribution is -2.48. The zero-order chi connectivity index (χ0) is 22.6. The molecular formula is C20H30O9S. The molecule has 0 aliphatic carbocycles. The molecule has 1 rings (SSSR count). The third kappa shape index (κ3) is 6.41. The molecule has 0 amide bonds. The fourth-order valence-electron chi connectivity index (χ4n) is 2.55. The molecule has 0 aromatic heterocycles. The third-order valence-electron chi connectivity index (χ3n) is 4.18. The number of esters is 2. The number of thioether (sulfide) groups is 1. The number of benzene rings is 1. The van der Waals surface area contributed by atoms with Gasteiger partial charge in [-0.1, -0.05) is 0 Å². The summed E-state index contributed by atoms with van der Waals surface area (Å²) in [6.45, 7) is 2.19. The van der Waals surface area contributed by atoms with E-state index >= 15 is 0 Å². The molecule has 0 saturated carbocycles. The molecule has 0 aliphatic rings. The summed E-state index contributed by atoms with van der Waals surface area (Å²) in [5, 5.41) is 9.76. The fourth-order valence-corrected chi connectivity index (χ4v) is 3.33. The molecule has 9 nitrogen and oxygen atoms in total. The third-order valence-corrected chi connectivity index (χ3v) is 5.01. The van der Waals surface area contributed by atoms with Crippen LogP contribution in [-0.2, 0) is 29.6 Å². The summed E-state index contributed by atoms with van der Waals surface area (Å²) in [5.74, 6) is 0.650. The van der Waals surface area contributed by atoms with E-state index in [-0.39, 0.29) is 25.8 Å². The predicted octanol–water partition coefficient (Wildman–Crippen LogP) is 2.02. The summed E-state index contributed by atoms with van der Waals surface area (Å²) in [7, 11) is 4.65. The monoisotopic (exact) mass is 446 g/mol. The minimum absolute atomic E-state index is 0.0613. The number of aliphatic hydroxyl groups excluding tert-OH is 1. The Kier molecular flexibility index (Phi) is 11.4. The Bertz CT molecular complexity index is 650. The molecule has 0 aliphatic heterocycles. The number of ether oxygens (including phenoxy) is 6. The maximum absolute atomic E-state index is 12.3. The highest BCUT2D eigenvalue weighted by atomic mass is 32.2. The first kappa shape index (κ1) is 25.9. The van der Waals surface area contributed by atoms with Crippen LogP contribution in [0, 0.1) is 5.41 Å². The van der Waals surface area contributed by atoms with Crippen LogP contribution >= 0.6 is 11.8 Å². The van der Waals surface area contributed by atoms with Gasteiger partial charge in [-0.05, 0) is 13.8 Å². The molecule has 0 atom stereocenters. The highest BCUT2D eigenvalue weighted by Gasteiger charge is 2.49. The topological polar surface area (TPSA) is 110 Å². The van der Waals surface area contributed by atoms with Gasteiger partial charge in [-0.3, -0.25) is 9.59 Å². The SMILES string of the molecule is CCOC(=O)C(CO)(COCSCc1c(OC)cc(OC)cc1OC)C(=O)OCC. The number of hydrogen-bond donors (Lipinski definition) is 1. The van der Waals surface area contributed by atoms with Crippen molar-refractivity contribution >= 4 is 23.7 Å². The molecule has 0 bridgehead atoms. The highest BCUT2D eigenvalue weighted by Crippen LogP contribution is 2.36. The van der Waals surface area contributed by atoms with E-state index in [1.807, 2.05) is 0 Å². The number of methoxy groups -OCH3 is 3. The second-order valence-electron chi connectivity index (χ2n) is 6.01. The normalized spacial score (nSPS) is 11.0. The van der Waals surface area contributed by atoms with Gasteiger partial charge in [-0.15, -0.1) is 11.8 Å². The average Bonchev–Trinajstić information content (AvgIpc) is 2.76. The molecule has 1 N–H and O–H groups in total. The van der Waals surface area contributed by atoms with Gasteiger partial charge < -0.3 is 33.5 Å². The van der Waals surface area contributed by atoms with Gasteiger partial charge in [0.15, 0.2) is 0 Å². The van der Waals surface area contributed by atoms with E-state index in [0.717, 1.165) is 5.56 Å². The molecule has 1 aromatic carbocycles. The van der Waals surface area contributed by atoms with E-state index in [1.165, 1.54) is 11.8 Å². The van der Waals surface area contributed by atoms with E-state index in [2.05, 4.69) is 0 Å². The molecule has 0 saturated heterocycles. The Balaban J connectivity index is 2.80. The molecular weight excluding hydrogens is 416 g/mol. The van der Waals surface area contributed by atoms with Crippen LogP contribution in [0.2, 0.25) is 0 Å². The number of carbonyl (C=O) groups excluding carboxylic acids is 2. The quantitative estimate of drug-likeness (QED) is 0.197. The number of carbonyl (C=O) groups is 2. The first-order valence-electron chi connectivity index (χ1n) is 9.33. The molecule has 1 aromatic rings. The number of aliphatic hydroxyl groups is 1. The van der Waals surface area contributed by atoms with E-state index in [1.54, 1.807) is 47.3 Å². The van der Waals surface area contributed by atoms with Crippen LogP contribution in [0.4, 0.5) is 0 Å².